The Hall–Kier alpha value is -2.95. The normalized spacial score (nSPS) is 13.5. The number of hydrogen-bond donors (Lipinski definition) is 1. The first-order valence-electron chi connectivity index (χ1n) is 10.4. The first kappa shape index (κ1) is 23.2. The van der Waals surface area contributed by atoms with E-state index in [1.165, 1.54) is 60.3 Å². The van der Waals surface area contributed by atoms with Crippen LogP contribution in [0.25, 0.3) is 0 Å². The van der Waals surface area contributed by atoms with E-state index in [1.54, 1.807) is 12.1 Å². The maximum absolute atomic E-state index is 12.9. The van der Waals surface area contributed by atoms with Gasteiger partial charge in [-0.3, -0.25) is 4.79 Å². The molecule has 3 aromatic rings. The number of anilines is 1. The van der Waals surface area contributed by atoms with Crippen LogP contribution in [-0.2, 0) is 34.1 Å². The summed E-state index contributed by atoms with van der Waals surface area (Å²) >= 11 is 1.40. The zero-order chi connectivity index (χ0) is 23.6. The maximum atomic E-state index is 12.9. The number of rotatable bonds is 7. The van der Waals surface area contributed by atoms with E-state index in [1.807, 2.05) is 0 Å². The second-order valence-electron chi connectivity index (χ2n) is 7.73. The number of carbonyl (C=O) groups is 2. The molecule has 10 heteroatoms. The number of thiophene rings is 1. The average Bonchev–Trinajstić information content (AvgIpc) is 3.45. The number of nitrogens with one attached hydrogen (secondary N) is 1. The van der Waals surface area contributed by atoms with E-state index in [9.17, 15) is 18.0 Å². The number of esters is 1. The molecule has 1 aromatic carbocycles. The molecule has 0 radical (unpaired) electrons. The van der Waals surface area contributed by atoms with Crippen LogP contribution in [0.3, 0.4) is 0 Å². The van der Waals surface area contributed by atoms with Gasteiger partial charge in [0.25, 0.3) is 5.91 Å². The summed E-state index contributed by atoms with van der Waals surface area (Å²) in [5, 5.41) is 3.28. The van der Waals surface area contributed by atoms with E-state index in [0.29, 0.717) is 16.3 Å². The molecule has 174 valence electrons. The summed E-state index contributed by atoms with van der Waals surface area (Å²) < 4.78 is 37.0. The summed E-state index contributed by atoms with van der Waals surface area (Å²) in [7, 11) is -0.971. The predicted molar refractivity (Wildman–Crippen MR) is 124 cm³/mol. The van der Waals surface area contributed by atoms with Crippen molar-refractivity contribution >= 4 is 38.2 Å². The summed E-state index contributed by atoms with van der Waals surface area (Å²) in [6, 6.07) is 9.08. The van der Waals surface area contributed by atoms with Crippen LogP contribution in [0.5, 0.6) is 0 Å². The van der Waals surface area contributed by atoms with Gasteiger partial charge in [0.15, 0.2) is 0 Å². The van der Waals surface area contributed by atoms with Crippen molar-refractivity contribution in [1.82, 2.24) is 4.31 Å². The van der Waals surface area contributed by atoms with E-state index >= 15 is 0 Å². The van der Waals surface area contributed by atoms with Crippen molar-refractivity contribution < 1.29 is 27.2 Å². The lowest BCUT2D eigenvalue weighted by molar-refractivity contribution is 0.0601. The second-order valence-corrected chi connectivity index (χ2v) is 10.9. The highest BCUT2D eigenvalue weighted by molar-refractivity contribution is 7.89. The van der Waals surface area contributed by atoms with E-state index in [0.717, 1.165) is 36.1 Å². The molecule has 0 spiro atoms. The molecule has 1 amide bonds. The van der Waals surface area contributed by atoms with Gasteiger partial charge in [0.05, 0.1) is 30.4 Å². The number of hydrogen-bond acceptors (Lipinski definition) is 7. The lowest BCUT2D eigenvalue weighted by atomic mass is 9.95. The fraction of sp³-hybridized carbons (Fsp3) is 0.304. The molecule has 0 fully saturated rings. The molecule has 0 unspecified atom stereocenters. The van der Waals surface area contributed by atoms with Crippen molar-refractivity contribution in [3.63, 3.8) is 0 Å². The highest BCUT2D eigenvalue weighted by Gasteiger charge is 2.27. The molecule has 8 nitrogen and oxygen atoms in total. The molecule has 0 saturated carbocycles. The van der Waals surface area contributed by atoms with Gasteiger partial charge in [0.2, 0.25) is 10.0 Å². The van der Waals surface area contributed by atoms with Gasteiger partial charge >= 0.3 is 5.97 Å². The fourth-order valence-electron chi connectivity index (χ4n) is 3.81. The van der Waals surface area contributed by atoms with E-state index in [4.69, 9.17) is 9.15 Å². The first-order chi connectivity index (χ1) is 15.8. The molecule has 2 aromatic heterocycles. The fourth-order valence-corrected chi connectivity index (χ4v) is 6.22. The van der Waals surface area contributed by atoms with Crippen LogP contribution in [0.4, 0.5) is 5.00 Å². The topological polar surface area (TPSA) is 106 Å². The van der Waals surface area contributed by atoms with Crippen LogP contribution in [0, 0.1) is 0 Å². The third-order valence-electron chi connectivity index (χ3n) is 5.57. The summed E-state index contributed by atoms with van der Waals surface area (Å²) in [4.78, 5) is 26.4. The molecule has 0 saturated heterocycles. The predicted octanol–water partition coefficient (Wildman–Crippen LogP) is 4.08. The van der Waals surface area contributed by atoms with Crippen LogP contribution in [-0.4, -0.2) is 38.8 Å². The van der Waals surface area contributed by atoms with Gasteiger partial charge < -0.3 is 14.5 Å². The molecule has 1 N–H and O–H groups in total. The van der Waals surface area contributed by atoms with Gasteiger partial charge in [-0.25, -0.2) is 13.2 Å². The summed E-state index contributed by atoms with van der Waals surface area (Å²) in [6.45, 7) is 0.0942. The standard InChI is InChI=1S/C23H24N2O6S2/c1-25(14-16-6-5-13-31-16)33(28,29)17-11-9-15(10-12-17)21(26)24-22-20(23(27)30-2)18-7-3-4-8-19(18)32-22/h5-6,9-13H,3-4,7-8,14H2,1-2H3,(H,24,26). The van der Waals surface area contributed by atoms with Gasteiger partial charge in [-0.2, -0.15) is 4.31 Å². The molecule has 2 heterocycles. The van der Waals surface area contributed by atoms with E-state index in [-0.39, 0.29) is 17.0 Å². The molecule has 1 aliphatic rings. The smallest absolute Gasteiger partial charge is 0.341 e. The minimum Gasteiger partial charge on any atom is -0.468 e. The Morgan fingerprint density at radius 3 is 2.55 bits per heavy atom. The van der Waals surface area contributed by atoms with Crippen molar-refractivity contribution in [3.8, 4) is 0 Å². The van der Waals surface area contributed by atoms with E-state index < -0.39 is 21.9 Å². The van der Waals surface area contributed by atoms with Crippen LogP contribution in [0.1, 0.15) is 49.8 Å². The molecule has 0 atom stereocenters. The second kappa shape index (κ2) is 9.50. The average molecular weight is 489 g/mol. The Morgan fingerprint density at radius 1 is 1.15 bits per heavy atom. The first-order valence-corrected chi connectivity index (χ1v) is 12.7. The third-order valence-corrected chi connectivity index (χ3v) is 8.60. The van der Waals surface area contributed by atoms with Crippen molar-refractivity contribution in [1.29, 1.82) is 0 Å². The van der Waals surface area contributed by atoms with Crippen LogP contribution in [0.15, 0.2) is 52.0 Å². The zero-order valence-corrected chi connectivity index (χ0v) is 19.9. The number of ether oxygens (including phenoxy) is 1. The van der Waals surface area contributed by atoms with Crippen molar-refractivity contribution in [3.05, 3.63) is 70.0 Å². The van der Waals surface area contributed by atoms with Gasteiger partial charge in [0, 0.05) is 17.5 Å². The number of furan rings is 1. The molecule has 1 aliphatic carbocycles. The zero-order valence-electron chi connectivity index (χ0n) is 18.3. The number of amides is 1. The van der Waals surface area contributed by atoms with Crippen molar-refractivity contribution in [2.75, 3.05) is 19.5 Å². The van der Waals surface area contributed by atoms with Crippen molar-refractivity contribution in [2.45, 2.75) is 37.1 Å². The van der Waals surface area contributed by atoms with Crippen LogP contribution < -0.4 is 5.32 Å². The number of nitrogens with zero attached hydrogens (tertiary/aromatic N) is 1. The Bertz CT molecular complexity index is 1260. The number of benzene rings is 1. The lowest BCUT2D eigenvalue weighted by Crippen LogP contribution is -2.26. The molecule has 0 aliphatic heterocycles. The van der Waals surface area contributed by atoms with Crippen LogP contribution in [0.2, 0.25) is 0 Å². The lowest BCUT2D eigenvalue weighted by Gasteiger charge is -2.16. The molecular weight excluding hydrogens is 464 g/mol. The van der Waals surface area contributed by atoms with Gasteiger partial charge in [-0.05, 0) is 67.6 Å². The number of aryl methyl sites for hydroxylation is 1. The number of methoxy groups -OCH3 is 1. The highest BCUT2D eigenvalue weighted by atomic mass is 32.2. The molecule has 0 bridgehead atoms. The largest absolute Gasteiger partial charge is 0.468 e. The number of fused-ring (bicyclic) bond motifs is 1. The number of sulfonamides is 1. The number of carbonyl (C=O) groups excluding carboxylic acids is 2. The van der Waals surface area contributed by atoms with Crippen LogP contribution >= 0.6 is 11.3 Å². The molecular formula is C23H24N2O6S2. The monoisotopic (exact) mass is 488 g/mol. The third kappa shape index (κ3) is 4.73. The summed E-state index contributed by atoms with van der Waals surface area (Å²) in [5.41, 5.74) is 1.66. The van der Waals surface area contributed by atoms with Gasteiger partial charge in [-0.15, -0.1) is 11.3 Å². The SMILES string of the molecule is COC(=O)c1c(NC(=O)c2ccc(S(=O)(=O)N(C)Cc3ccco3)cc2)sc2c1CCCC2. The Kier molecular flexibility index (Phi) is 6.68. The van der Waals surface area contributed by atoms with E-state index in [2.05, 4.69) is 5.32 Å². The highest BCUT2D eigenvalue weighted by Crippen LogP contribution is 2.38. The Morgan fingerprint density at radius 2 is 1.88 bits per heavy atom. The minimum absolute atomic E-state index is 0.0648. The Balaban J connectivity index is 1.52. The summed E-state index contributed by atoms with van der Waals surface area (Å²) in [5.74, 6) is -0.366. The molecule has 33 heavy (non-hydrogen) atoms. The van der Waals surface area contributed by atoms with Gasteiger partial charge in [-0.1, -0.05) is 0 Å². The molecule has 4 rings (SSSR count). The maximum Gasteiger partial charge on any atom is 0.341 e. The quantitative estimate of drug-likeness (QED) is 0.503. The van der Waals surface area contributed by atoms with Gasteiger partial charge in [0.1, 0.15) is 10.8 Å². The van der Waals surface area contributed by atoms with Crippen molar-refractivity contribution in [2.24, 2.45) is 0 Å². The Labute approximate surface area is 196 Å². The minimum atomic E-state index is -3.76. The summed E-state index contributed by atoms with van der Waals surface area (Å²) in [6.07, 6.45) is 5.18.